The quantitative estimate of drug-likeness (QED) is 0.652. The Kier molecular flexibility index (Phi) is 3.59. The normalized spacial score (nSPS) is 11.2. The molecule has 0 radical (unpaired) electrons. The molecule has 0 amide bonds. The average molecular weight is 259 g/mol. The average Bonchev–Trinajstić information content (AvgIpc) is 2.28. The third-order valence-electron chi connectivity index (χ3n) is 2.21. The first-order valence-electron chi connectivity index (χ1n) is 4.60. The van der Waals surface area contributed by atoms with Crippen molar-refractivity contribution in [2.45, 2.75) is 0 Å². The number of rotatable bonds is 4. The first kappa shape index (κ1) is 13.3. The van der Waals surface area contributed by atoms with Crippen molar-refractivity contribution >= 4 is 27.6 Å². The van der Waals surface area contributed by atoms with Crippen molar-refractivity contribution < 1.29 is 18.3 Å². The third-order valence-corrected chi connectivity index (χ3v) is 3.64. The molecule has 0 aliphatic carbocycles. The van der Waals surface area contributed by atoms with Gasteiger partial charge in [0.25, 0.3) is 0 Å². The fourth-order valence-corrected chi connectivity index (χ4v) is 1.96. The van der Waals surface area contributed by atoms with Crippen molar-refractivity contribution in [3.05, 3.63) is 23.8 Å². The van der Waals surface area contributed by atoms with Crippen molar-refractivity contribution in [3.63, 3.8) is 0 Å². The van der Waals surface area contributed by atoms with E-state index in [9.17, 15) is 13.2 Å². The van der Waals surface area contributed by atoms with E-state index in [1.807, 2.05) is 0 Å². The summed E-state index contributed by atoms with van der Waals surface area (Å²) in [6.07, 6.45) is 0. The number of hydrogen-bond acceptors (Lipinski definition) is 4. The van der Waals surface area contributed by atoms with Crippen LogP contribution in [0, 0.1) is 0 Å². The summed E-state index contributed by atoms with van der Waals surface area (Å²) in [5.41, 5.74) is 5.58. The van der Waals surface area contributed by atoms with E-state index in [1.165, 1.54) is 32.3 Å². The predicted octanol–water partition coefficient (Wildman–Crippen LogP) is -0.133. The first-order valence-corrected chi connectivity index (χ1v) is 6.04. The van der Waals surface area contributed by atoms with Crippen LogP contribution in [0.15, 0.2) is 18.2 Å². The van der Waals surface area contributed by atoms with Gasteiger partial charge in [-0.25, -0.2) is 9.52 Å². The lowest BCUT2D eigenvalue weighted by molar-refractivity contribution is 0.0698. The van der Waals surface area contributed by atoms with Gasteiger partial charge in [0, 0.05) is 19.8 Å². The summed E-state index contributed by atoms with van der Waals surface area (Å²) < 4.78 is 26.0. The van der Waals surface area contributed by atoms with E-state index in [4.69, 9.17) is 10.8 Å². The van der Waals surface area contributed by atoms with Gasteiger partial charge in [-0.15, -0.1) is 0 Å². The van der Waals surface area contributed by atoms with Crippen LogP contribution in [0.2, 0.25) is 0 Å². The van der Waals surface area contributed by atoms with Crippen molar-refractivity contribution in [2.24, 2.45) is 0 Å². The molecule has 0 fully saturated rings. The highest BCUT2D eigenvalue weighted by Gasteiger charge is 2.21. The molecule has 0 atom stereocenters. The maximum Gasteiger partial charge on any atom is 0.337 e. The molecule has 1 aromatic rings. The summed E-state index contributed by atoms with van der Waals surface area (Å²) in [5, 5.41) is 8.98. The number of aromatic carboxylic acids is 1. The minimum Gasteiger partial charge on any atom is -0.478 e. The Hall–Kier alpha value is -1.80. The lowest BCUT2D eigenvalue weighted by atomic mass is 10.1. The van der Waals surface area contributed by atoms with Crippen LogP contribution in [-0.2, 0) is 10.2 Å². The zero-order chi connectivity index (χ0) is 13.2. The second-order valence-electron chi connectivity index (χ2n) is 3.26. The van der Waals surface area contributed by atoms with Gasteiger partial charge in [0.1, 0.15) is 0 Å². The SMILES string of the molecule is CNS(=O)(=O)N(C)c1ccc(N)cc1C(=O)O. The Balaban J connectivity index is 3.37. The van der Waals surface area contributed by atoms with E-state index < -0.39 is 16.2 Å². The number of carboxylic acid groups (broad SMARTS) is 1. The molecule has 7 nitrogen and oxygen atoms in total. The Labute approximate surface area is 99.0 Å². The Morgan fingerprint density at radius 1 is 1.47 bits per heavy atom. The Morgan fingerprint density at radius 3 is 2.53 bits per heavy atom. The van der Waals surface area contributed by atoms with Crippen molar-refractivity contribution in [2.75, 3.05) is 24.1 Å². The molecule has 8 heteroatoms. The van der Waals surface area contributed by atoms with E-state index in [1.54, 1.807) is 0 Å². The third kappa shape index (κ3) is 2.66. The van der Waals surface area contributed by atoms with Crippen LogP contribution in [0.1, 0.15) is 10.4 Å². The first-order chi connectivity index (χ1) is 7.79. The number of carboxylic acids is 1. The van der Waals surface area contributed by atoms with Gasteiger partial charge in [0.05, 0.1) is 11.3 Å². The van der Waals surface area contributed by atoms with Gasteiger partial charge < -0.3 is 10.8 Å². The van der Waals surface area contributed by atoms with Crippen LogP contribution in [0.3, 0.4) is 0 Å². The number of nitrogens with two attached hydrogens (primary N) is 1. The maximum atomic E-state index is 11.6. The summed E-state index contributed by atoms with van der Waals surface area (Å²) >= 11 is 0. The fourth-order valence-electron chi connectivity index (χ4n) is 1.27. The number of carbonyl (C=O) groups is 1. The summed E-state index contributed by atoms with van der Waals surface area (Å²) in [6.45, 7) is 0. The van der Waals surface area contributed by atoms with Crippen LogP contribution in [0.5, 0.6) is 0 Å². The topological polar surface area (TPSA) is 113 Å². The van der Waals surface area contributed by atoms with Gasteiger partial charge in [-0.3, -0.25) is 4.31 Å². The molecule has 0 unspecified atom stereocenters. The highest BCUT2D eigenvalue weighted by Crippen LogP contribution is 2.23. The molecule has 0 aliphatic rings. The highest BCUT2D eigenvalue weighted by atomic mass is 32.2. The molecular weight excluding hydrogens is 246 g/mol. The molecule has 0 aliphatic heterocycles. The Morgan fingerprint density at radius 2 is 2.06 bits per heavy atom. The predicted molar refractivity (Wildman–Crippen MR) is 64.2 cm³/mol. The largest absolute Gasteiger partial charge is 0.478 e. The molecule has 0 aromatic heterocycles. The van der Waals surface area contributed by atoms with Crippen molar-refractivity contribution in [1.82, 2.24) is 4.72 Å². The molecule has 17 heavy (non-hydrogen) atoms. The second-order valence-corrected chi connectivity index (χ2v) is 5.16. The second kappa shape index (κ2) is 4.60. The van der Waals surface area contributed by atoms with Crippen LogP contribution < -0.4 is 14.8 Å². The Bertz CT molecular complexity index is 541. The smallest absolute Gasteiger partial charge is 0.337 e. The van der Waals surface area contributed by atoms with E-state index >= 15 is 0 Å². The minimum absolute atomic E-state index is 0.0426. The number of nitrogens with one attached hydrogen (secondary N) is 1. The van der Waals surface area contributed by atoms with E-state index in [0.29, 0.717) is 0 Å². The van der Waals surface area contributed by atoms with Crippen LogP contribution >= 0.6 is 0 Å². The summed E-state index contributed by atoms with van der Waals surface area (Å²) in [5.74, 6) is -1.24. The molecule has 1 aromatic carbocycles. The van der Waals surface area contributed by atoms with Crippen LogP contribution in [0.4, 0.5) is 11.4 Å². The molecule has 1 rings (SSSR count). The van der Waals surface area contributed by atoms with E-state index in [2.05, 4.69) is 4.72 Å². The molecule has 94 valence electrons. The molecule has 0 heterocycles. The molecule has 0 saturated heterocycles. The number of hydrogen-bond donors (Lipinski definition) is 3. The number of nitrogens with zero attached hydrogens (tertiary/aromatic N) is 1. The lowest BCUT2D eigenvalue weighted by Crippen LogP contribution is -2.36. The van der Waals surface area contributed by atoms with Gasteiger partial charge in [0.2, 0.25) is 0 Å². The standard InChI is InChI=1S/C9H13N3O4S/c1-11-17(15,16)12(2)8-4-3-6(10)5-7(8)9(13)14/h3-5,11H,10H2,1-2H3,(H,13,14). The van der Waals surface area contributed by atoms with E-state index in [0.717, 1.165) is 4.31 Å². The lowest BCUT2D eigenvalue weighted by Gasteiger charge is -2.20. The van der Waals surface area contributed by atoms with Gasteiger partial charge >= 0.3 is 16.2 Å². The summed E-state index contributed by atoms with van der Waals surface area (Å²) in [6, 6.07) is 3.98. The van der Waals surface area contributed by atoms with Gasteiger partial charge in [-0.05, 0) is 18.2 Å². The minimum atomic E-state index is -3.74. The number of benzene rings is 1. The van der Waals surface area contributed by atoms with Gasteiger partial charge in [-0.1, -0.05) is 0 Å². The maximum absolute atomic E-state index is 11.6. The molecule has 0 saturated carbocycles. The molecule has 0 spiro atoms. The number of anilines is 2. The molecule has 0 bridgehead atoms. The van der Waals surface area contributed by atoms with Gasteiger partial charge in [-0.2, -0.15) is 8.42 Å². The summed E-state index contributed by atoms with van der Waals surface area (Å²) in [7, 11) is -1.25. The zero-order valence-corrected chi connectivity index (χ0v) is 10.2. The molecule has 4 N–H and O–H groups in total. The zero-order valence-electron chi connectivity index (χ0n) is 9.34. The fraction of sp³-hybridized carbons (Fsp3) is 0.222. The molecular formula is C9H13N3O4S. The van der Waals surface area contributed by atoms with E-state index in [-0.39, 0.29) is 16.9 Å². The van der Waals surface area contributed by atoms with Crippen molar-refractivity contribution in [3.8, 4) is 0 Å². The number of nitrogen functional groups attached to an aromatic ring is 1. The van der Waals surface area contributed by atoms with Crippen LogP contribution in [-0.4, -0.2) is 33.6 Å². The van der Waals surface area contributed by atoms with Crippen molar-refractivity contribution in [1.29, 1.82) is 0 Å². The van der Waals surface area contributed by atoms with Gasteiger partial charge in [0.15, 0.2) is 0 Å². The summed E-state index contributed by atoms with van der Waals surface area (Å²) in [4.78, 5) is 11.0. The monoisotopic (exact) mass is 259 g/mol. The van der Waals surface area contributed by atoms with Crippen LogP contribution in [0.25, 0.3) is 0 Å². The highest BCUT2D eigenvalue weighted by molar-refractivity contribution is 7.90.